The molecule has 1 aliphatic rings. The Morgan fingerprint density at radius 2 is 1.79 bits per heavy atom. The average Bonchev–Trinajstić information content (AvgIpc) is 2.80. The fourth-order valence-corrected chi connectivity index (χ4v) is 3.69. The number of hydrogen-bond acceptors (Lipinski definition) is 8. The van der Waals surface area contributed by atoms with Gasteiger partial charge in [0.1, 0.15) is 24.4 Å². The Kier molecular flexibility index (Phi) is 11.4. The summed E-state index contributed by atoms with van der Waals surface area (Å²) in [7, 11) is 1.46. The Hall–Kier alpha value is -1.91. The molecule has 1 aliphatic heterocycles. The Labute approximate surface area is 195 Å². The van der Waals surface area contributed by atoms with Crippen molar-refractivity contribution in [1.29, 1.82) is 0 Å². The van der Waals surface area contributed by atoms with Gasteiger partial charge in [0.05, 0.1) is 13.7 Å². The van der Waals surface area contributed by atoms with Crippen LogP contribution in [0.4, 0.5) is 0 Å². The SMILES string of the molecule is COc1cc(CNC(=O)CCCCCCC(C)C)ccc1OC1OC(CO)C(O)C(O)C1O. The molecule has 5 N–H and O–H groups in total. The van der Waals surface area contributed by atoms with Gasteiger partial charge in [0.15, 0.2) is 11.5 Å². The second-order valence-electron chi connectivity index (χ2n) is 8.92. The molecule has 1 aromatic rings. The molecule has 0 saturated carbocycles. The number of benzene rings is 1. The van der Waals surface area contributed by atoms with Crippen molar-refractivity contribution in [3.8, 4) is 11.5 Å². The smallest absolute Gasteiger partial charge is 0.229 e. The van der Waals surface area contributed by atoms with Gasteiger partial charge in [-0.1, -0.05) is 45.6 Å². The van der Waals surface area contributed by atoms with Gasteiger partial charge in [0.25, 0.3) is 0 Å². The lowest BCUT2D eigenvalue weighted by molar-refractivity contribution is -0.277. The summed E-state index contributed by atoms with van der Waals surface area (Å²) < 4.78 is 16.4. The summed E-state index contributed by atoms with van der Waals surface area (Å²) in [5.74, 6) is 1.32. The molecule has 9 heteroatoms. The van der Waals surface area contributed by atoms with E-state index in [1.807, 2.05) is 0 Å². The van der Waals surface area contributed by atoms with Gasteiger partial charge in [-0.2, -0.15) is 0 Å². The van der Waals surface area contributed by atoms with E-state index in [9.17, 15) is 25.2 Å². The van der Waals surface area contributed by atoms with E-state index in [-0.39, 0.29) is 11.7 Å². The average molecular weight is 470 g/mol. The molecule has 1 saturated heterocycles. The molecule has 1 fully saturated rings. The Morgan fingerprint density at radius 1 is 1.06 bits per heavy atom. The molecule has 188 valence electrons. The number of hydrogen-bond donors (Lipinski definition) is 5. The van der Waals surface area contributed by atoms with Crippen molar-refractivity contribution < 1.29 is 39.4 Å². The Bertz CT molecular complexity index is 726. The normalized spacial score (nSPS) is 25.2. The topological polar surface area (TPSA) is 138 Å². The fraction of sp³-hybridized carbons (Fsp3) is 0.708. The summed E-state index contributed by atoms with van der Waals surface area (Å²) in [4.78, 5) is 12.1. The summed E-state index contributed by atoms with van der Waals surface area (Å²) in [5.41, 5.74) is 0.804. The van der Waals surface area contributed by atoms with E-state index < -0.39 is 37.3 Å². The molecule has 0 aliphatic carbocycles. The number of carbonyl (C=O) groups excluding carboxylic acids is 1. The summed E-state index contributed by atoms with van der Waals surface area (Å²) in [5, 5.41) is 42.2. The number of unbranched alkanes of at least 4 members (excludes halogenated alkanes) is 3. The monoisotopic (exact) mass is 469 g/mol. The third-order valence-corrected chi connectivity index (χ3v) is 5.74. The molecule has 1 heterocycles. The number of ether oxygens (including phenoxy) is 3. The van der Waals surface area contributed by atoms with Gasteiger partial charge < -0.3 is 40.0 Å². The number of amides is 1. The van der Waals surface area contributed by atoms with Gasteiger partial charge in [-0.3, -0.25) is 4.79 Å². The molecule has 33 heavy (non-hydrogen) atoms. The standard InChI is InChI=1S/C24H39NO8/c1-15(2)8-6-4-5-7-9-20(27)25-13-16-10-11-17(18(12-16)31-3)32-24-23(30)22(29)21(28)19(14-26)33-24/h10-12,15,19,21-24,26,28-30H,4-9,13-14H2,1-3H3,(H,25,27). The van der Waals surface area contributed by atoms with Gasteiger partial charge in [-0.05, 0) is 30.0 Å². The first kappa shape index (κ1) is 27.3. The van der Waals surface area contributed by atoms with E-state index >= 15 is 0 Å². The molecule has 1 amide bonds. The molecule has 0 spiro atoms. The van der Waals surface area contributed by atoms with Crippen LogP contribution in [0.15, 0.2) is 18.2 Å². The van der Waals surface area contributed by atoms with E-state index in [0.29, 0.717) is 18.7 Å². The van der Waals surface area contributed by atoms with Crippen molar-refractivity contribution in [3.05, 3.63) is 23.8 Å². The maximum atomic E-state index is 12.1. The van der Waals surface area contributed by atoms with Crippen LogP contribution in [0.1, 0.15) is 57.9 Å². The van der Waals surface area contributed by atoms with Crippen LogP contribution < -0.4 is 14.8 Å². The molecule has 0 bridgehead atoms. The number of aliphatic hydroxyl groups is 4. The predicted molar refractivity (Wildman–Crippen MR) is 122 cm³/mol. The largest absolute Gasteiger partial charge is 0.493 e. The number of rotatable bonds is 13. The molecule has 1 aromatic carbocycles. The van der Waals surface area contributed by atoms with Crippen LogP contribution >= 0.6 is 0 Å². The maximum Gasteiger partial charge on any atom is 0.229 e. The van der Waals surface area contributed by atoms with Crippen LogP contribution in [0.3, 0.4) is 0 Å². The zero-order valence-corrected chi connectivity index (χ0v) is 19.8. The van der Waals surface area contributed by atoms with Crippen molar-refractivity contribution in [2.75, 3.05) is 13.7 Å². The van der Waals surface area contributed by atoms with Gasteiger partial charge in [-0.15, -0.1) is 0 Å². The van der Waals surface area contributed by atoms with Crippen LogP contribution in [0, 0.1) is 5.92 Å². The lowest BCUT2D eigenvalue weighted by Crippen LogP contribution is -2.60. The maximum absolute atomic E-state index is 12.1. The second kappa shape index (κ2) is 13.7. The molecule has 5 atom stereocenters. The first-order valence-electron chi connectivity index (χ1n) is 11.7. The van der Waals surface area contributed by atoms with Crippen LogP contribution in [0.2, 0.25) is 0 Å². The van der Waals surface area contributed by atoms with Crippen molar-refractivity contribution in [2.45, 2.75) is 89.6 Å². The molecule has 5 unspecified atom stereocenters. The van der Waals surface area contributed by atoms with Crippen molar-refractivity contribution >= 4 is 5.91 Å². The highest BCUT2D eigenvalue weighted by Crippen LogP contribution is 2.32. The number of nitrogens with one attached hydrogen (secondary N) is 1. The highest BCUT2D eigenvalue weighted by atomic mass is 16.7. The molecule has 9 nitrogen and oxygen atoms in total. The van der Waals surface area contributed by atoms with E-state index in [2.05, 4.69) is 19.2 Å². The van der Waals surface area contributed by atoms with Crippen LogP contribution in [0.5, 0.6) is 11.5 Å². The summed E-state index contributed by atoms with van der Waals surface area (Å²) in [6.07, 6.45) is -0.871. The minimum Gasteiger partial charge on any atom is -0.493 e. The van der Waals surface area contributed by atoms with Crippen LogP contribution in [0.25, 0.3) is 0 Å². The highest BCUT2D eigenvalue weighted by Gasteiger charge is 2.44. The zero-order chi connectivity index (χ0) is 24.4. The van der Waals surface area contributed by atoms with Crippen molar-refractivity contribution in [2.24, 2.45) is 5.92 Å². The number of methoxy groups -OCH3 is 1. The lowest BCUT2D eigenvalue weighted by Gasteiger charge is -2.39. The highest BCUT2D eigenvalue weighted by molar-refractivity contribution is 5.75. The van der Waals surface area contributed by atoms with Crippen LogP contribution in [-0.2, 0) is 16.1 Å². The quantitative estimate of drug-likeness (QED) is 0.274. The molecule has 0 aromatic heterocycles. The molecule has 0 radical (unpaired) electrons. The second-order valence-corrected chi connectivity index (χ2v) is 8.92. The minimum absolute atomic E-state index is 0.000489. The van der Waals surface area contributed by atoms with Crippen LogP contribution in [-0.4, -0.2) is 70.8 Å². The molecular weight excluding hydrogens is 430 g/mol. The van der Waals surface area contributed by atoms with E-state index in [1.54, 1.807) is 18.2 Å². The van der Waals surface area contributed by atoms with Gasteiger partial charge in [0.2, 0.25) is 12.2 Å². The van der Waals surface area contributed by atoms with Crippen molar-refractivity contribution in [3.63, 3.8) is 0 Å². The summed E-state index contributed by atoms with van der Waals surface area (Å²) in [6, 6.07) is 5.05. The minimum atomic E-state index is -1.53. The first-order valence-corrected chi connectivity index (χ1v) is 11.7. The first-order chi connectivity index (χ1) is 15.8. The number of aliphatic hydroxyl groups excluding tert-OH is 4. The summed E-state index contributed by atoms with van der Waals surface area (Å²) in [6.45, 7) is 4.23. The fourth-order valence-electron chi connectivity index (χ4n) is 3.69. The molecular formula is C24H39NO8. The van der Waals surface area contributed by atoms with Gasteiger partial charge in [0, 0.05) is 13.0 Å². The van der Waals surface area contributed by atoms with E-state index in [0.717, 1.165) is 30.7 Å². The van der Waals surface area contributed by atoms with Crippen molar-refractivity contribution in [1.82, 2.24) is 5.32 Å². The Morgan fingerprint density at radius 3 is 2.45 bits per heavy atom. The van der Waals surface area contributed by atoms with Gasteiger partial charge in [-0.25, -0.2) is 0 Å². The lowest BCUT2D eigenvalue weighted by atomic mass is 9.99. The van der Waals surface area contributed by atoms with Gasteiger partial charge >= 0.3 is 0 Å². The third kappa shape index (κ3) is 8.42. The summed E-state index contributed by atoms with van der Waals surface area (Å²) >= 11 is 0. The predicted octanol–water partition coefficient (Wildman–Crippen LogP) is 1.49. The number of carbonyl (C=O) groups is 1. The van der Waals surface area contributed by atoms with E-state index in [4.69, 9.17) is 14.2 Å². The van der Waals surface area contributed by atoms with E-state index in [1.165, 1.54) is 20.0 Å². The third-order valence-electron chi connectivity index (χ3n) is 5.74. The molecule has 2 rings (SSSR count). The zero-order valence-electron chi connectivity index (χ0n) is 19.8. The Balaban J connectivity index is 1.84.